The Morgan fingerprint density at radius 1 is 1.34 bits per heavy atom. The average molecular weight is 447 g/mol. The molecule has 9 heteroatoms. The first-order valence-corrected chi connectivity index (χ1v) is 10.8. The van der Waals surface area contributed by atoms with Crippen molar-refractivity contribution in [3.63, 3.8) is 0 Å². The summed E-state index contributed by atoms with van der Waals surface area (Å²) in [5.74, 6) is -1.05. The molecule has 174 valence electrons. The van der Waals surface area contributed by atoms with Gasteiger partial charge in [-0.3, -0.25) is 9.48 Å². The van der Waals surface area contributed by atoms with Crippen LogP contribution < -0.4 is 5.32 Å². The lowest BCUT2D eigenvalue weighted by molar-refractivity contribution is 0.0197. The predicted octanol–water partition coefficient (Wildman–Crippen LogP) is 3.14. The van der Waals surface area contributed by atoms with Crippen LogP contribution in [0, 0.1) is 5.82 Å². The maximum atomic E-state index is 13.9. The van der Waals surface area contributed by atoms with Gasteiger partial charge in [-0.1, -0.05) is 18.2 Å². The highest BCUT2D eigenvalue weighted by atomic mass is 19.1. The number of likely N-dealkylation sites (tertiary alicyclic amines) is 1. The van der Waals surface area contributed by atoms with Crippen LogP contribution in [0.5, 0.6) is 0 Å². The van der Waals surface area contributed by atoms with E-state index in [9.17, 15) is 19.1 Å². The third kappa shape index (κ3) is 5.85. The summed E-state index contributed by atoms with van der Waals surface area (Å²) in [7, 11) is 1.73. The number of aromatic nitrogens is 2. The SMILES string of the molecule is Cn1cc(C(=O)NC[C@@H](O)c2ccccc2F)c([C@H]2CCCN(C(=O)OC(C)(C)C)C2)n1. The van der Waals surface area contributed by atoms with Crippen LogP contribution in [0.25, 0.3) is 0 Å². The number of aliphatic hydroxyl groups excluding tert-OH is 1. The Hall–Kier alpha value is -2.94. The summed E-state index contributed by atoms with van der Waals surface area (Å²) in [6, 6.07) is 5.91. The molecule has 2 N–H and O–H groups in total. The van der Waals surface area contributed by atoms with E-state index in [1.807, 2.05) is 20.8 Å². The number of carbonyl (C=O) groups excluding carboxylic acids is 2. The zero-order valence-electron chi connectivity index (χ0n) is 19.0. The second-order valence-corrected chi connectivity index (χ2v) is 9.11. The second kappa shape index (κ2) is 9.68. The lowest BCUT2D eigenvalue weighted by atomic mass is 9.92. The Kier molecular flexibility index (Phi) is 7.18. The van der Waals surface area contributed by atoms with Crippen molar-refractivity contribution in [2.24, 2.45) is 7.05 Å². The van der Waals surface area contributed by atoms with Gasteiger partial charge < -0.3 is 20.1 Å². The van der Waals surface area contributed by atoms with Gasteiger partial charge in [0.05, 0.1) is 17.4 Å². The molecule has 0 radical (unpaired) electrons. The molecule has 2 aromatic rings. The van der Waals surface area contributed by atoms with E-state index >= 15 is 0 Å². The minimum absolute atomic E-state index is 0.116. The van der Waals surface area contributed by atoms with Crippen LogP contribution in [0.4, 0.5) is 9.18 Å². The van der Waals surface area contributed by atoms with Crippen LogP contribution in [0.3, 0.4) is 0 Å². The molecule has 1 aromatic heterocycles. The molecule has 1 aromatic carbocycles. The van der Waals surface area contributed by atoms with Crippen molar-refractivity contribution < 1.29 is 23.8 Å². The largest absolute Gasteiger partial charge is 0.444 e. The number of rotatable bonds is 5. The maximum absolute atomic E-state index is 13.9. The number of nitrogens with zero attached hydrogens (tertiary/aromatic N) is 3. The summed E-state index contributed by atoms with van der Waals surface area (Å²) in [5, 5.41) is 17.4. The molecule has 0 saturated carbocycles. The number of aryl methyl sites for hydroxylation is 1. The van der Waals surface area contributed by atoms with Gasteiger partial charge >= 0.3 is 6.09 Å². The molecule has 1 aliphatic heterocycles. The number of nitrogens with one attached hydrogen (secondary N) is 1. The molecule has 0 bridgehead atoms. The number of halogens is 1. The fourth-order valence-electron chi connectivity index (χ4n) is 3.81. The van der Waals surface area contributed by atoms with Gasteiger partial charge in [0.2, 0.25) is 0 Å². The Morgan fingerprint density at radius 3 is 2.75 bits per heavy atom. The predicted molar refractivity (Wildman–Crippen MR) is 117 cm³/mol. The second-order valence-electron chi connectivity index (χ2n) is 9.11. The van der Waals surface area contributed by atoms with Crippen molar-refractivity contribution in [1.29, 1.82) is 0 Å². The van der Waals surface area contributed by atoms with Crippen LogP contribution in [-0.4, -0.2) is 57.0 Å². The van der Waals surface area contributed by atoms with E-state index in [2.05, 4.69) is 10.4 Å². The molecular formula is C23H31FN4O4. The van der Waals surface area contributed by atoms with Crippen LogP contribution in [0.15, 0.2) is 30.5 Å². The van der Waals surface area contributed by atoms with Gasteiger partial charge in [0.25, 0.3) is 5.91 Å². The lowest BCUT2D eigenvalue weighted by Crippen LogP contribution is -2.42. The normalized spacial score (nSPS) is 17.7. The van der Waals surface area contributed by atoms with Crippen LogP contribution in [0.2, 0.25) is 0 Å². The van der Waals surface area contributed by atoms with E-state index in [0.29, 0.717) is 24.3 Å². The van der Waals surface area contributed by atoms with Gasteiger partial charge in [-0.05, 0) is 39.7 Å². The topological polar surface area (TPSA) is 96.7 Å². The molecule has 0 unspecified atom stereocenters. The summed E-state index contributed by atoms with van der Waals surface area (Å²) < 4.78 is 20.9. The molecule has 1 saturated heterocycles. The number of benzene rings is 1. The molecule has 32 heavy (non-hydrogen) atoms. The molecule has 0 spiro atoms. The summed E-state index contributed by atoms with van der Waals surface area (Å²) in [6.07, 6.45) is 1.63. The van der Waals surface area contributed by atoms with E-state index in [-0.39, 0.29) is 24.1 Å². The van der Waals surface area contributed by atoms with Gasteiger partial charge in [-0.2, -0.15) is 5.10 Å². The first kappa shape index (κ1) is 23.7. The quantitative estimate of drug-likeness (QED) is 0.736. The number of hydrogen-bond acceptors (Lipinski definition) is 5. The number of carbonyl (C=O) groups is 2. The number of ether oxygens (including phenoxy) is 1. The van der Waals surface area contributed by atoms with Crippen LogP contribution >= 0.6 is 0 Å². The van der Waals surface area contributed by atoms with Crippen molar-refractivity contribution in [2.45, 2.75) is 51.2 Å². The van der Waals surface area contributed by atoms with Crippen molar-refractivity contribution in [3.8, 4) is 0 Å². The van der Waals surface area contributed by atoms with E-state index < -0.39 is 23.4 Å². The monoisotopic (exact) mass is 446 g/mol. The number of amides is 2. The van der Waals surface area contributed by atoms with Crippen LogP contribution in [-0.2, 0) is 11.8 Å². The molecule has 8 nitrogen and oxygen atoms in total. The first-order valence-electron chi connectivity index (χ1n) is 10.8. The van der Waals surface area contributed by atoms with Crippen molar-refractivity contribution >= 4 is 12.0 Å². The highest BCUT2D eigenvalue weighted by Crippen LogP contribution is 2.29. The highest BCUT2D eigenvalue weighted by molar-refractivity contribution is 5.95. The third-order valence-electron chi connectivity index (χ3n) is 5.28. The molecule has 3 rings (SSSR count). The fourth-order valence-corrected chi connectivity index (χ4v) is 3.81. The molecule has 0 aliphatic carbocycles. The average Bonchev–Trinajstić information content (AvgIpc) is 3.13. The molecule has 2 amide bonds. The molecule has 1 fully saturated rings. The number of piperidine rings is 1. The van der Waals surface area contributed by atoms with Gasteiger partial charge in [-0.25, -0.2) is 9.18 Å². The minimum atomic E-state index is -1.17. The molecule has 2 heterocycles. The summed E-state index contributed by atoms with van der Waals surface area (Å²) in [6.45, 7) is 6.33. The van der Waals surface area contributed by atoms with Gasteiger partial charge in [0.1, 0.15) is 11.4 Å². The first-order chi connectivity index (χ1) is 15.0. The van der Waals surface area contributed by atoms with Gasteiger partial charge in [0.15, 0.2) is 0 Å². The number of aliphatic hydroxyl groups is 1. The molecule has 2 atom stereocenters. The lowest BCUT2D eigenvalue weighted by Gasteiger charge is -2.33. The zero-order valence-corrected chi connectivity index (χ0v) is 19.0. The van der Waals surface area contributed by atoms with Crippen molar-refractivity contribution in [3.05, 3.63) is 53.1 Å². The van der Waals surface area contributed by atoms with E-state index in [0.717, 1.165) is 12.8 Å². The van der Waals surface area contributed by atoms with Gasteiger partial charge in [-0.15, -0.1) is 0 Å². The highest BCUT2D eigenvalue weighted by Gasteiger charge is 2.32. The Labute approximate surface area is 187 Å². The summed E-state index contributed by atoms with van der Waals surface area (Å²) >= 11 is 0. The Balaban J connectivity index is 1.69. The zero-order chi connectivity index (χ0) is 23.5. The minimum Gasteiger partial charge on any atom is -0.444 e. The van der Waals surface area contributed by atoms with E-state index in [1.54, 1.807) is 28.9 Å². The van der Waals surface area contributed by atoms with Crippen molar-refractivity contribution in [1.82, 2.24) is 20.0 Å². The van der Waals surface area contributed by atoms with E-state index in [4.69, 9.17) is 4.74 Å². The Morgan fingerprint density at radius 2 is 2.06 bits per heavy atom. The third-order valence-corrected chi connectivity index (χ3v) is 5.28. The van der Waals surface area contributed by atoms with Crippen molar-refractivity contribution in [2.75, 3.05) is 19.6 Å². The Bertz CT molecular complexity index is 969. The summed E-state index contributed by atoms with van der Waals surface area (Å²) in [4.78, 5) is 27.0. The fraction of sp³-hybridized carbons (Fsp3) is 0.522. The smallest absolute Gasteiger partial charge is 0.410 e. The van der Waals surface area contributed by atoms with Gasteiger partial charge in [0, 0.05) is 44.4 Å². The molecular weight excluding hydrogens is 415 g/mol. The standard InChI is InChI=1S/C23H31FN4O4/c1-23(2,3)32-22(31)28-11-7-8-15(13-28)20-17(14-27(4)26-20)21(30)25-12-19(29)16-9-5-6-10-18(16)24/h5-6,9-10,14-15,19,29H,7-8,11-13H2,1-4H3,(H,25,30)/t15-,19+/m0/s1. The number of hydrogen-bond donors (Lipinski definition) is 2. The summed E-state index contributed by atoms with van der Waals surface area (Å²) in [5.41, 5.74) is 0.515. The van der Waals surface area contributed by atoms with Crippen LogP contribution in [0.1, 0.15) is 67.3 Å². The van der Waals surface area contributed by atoms with E-state index in [1.165, 1.54) is 18.2 Å². The molecule has 1 aliphatic rings. The maximum Gasteiger partial charge on any atom is 0.410 e.